The molecule has 0 amide bonds. The van der Waals surface area contributed by atoms with Crippen LogP contribution in [0.4, 0.5) is 0 Å². The van der Waals surface area contributed by atoms with Crippen molar-refractivity contribution in [2.75, 3.05) is 0 Å². The SMILES string of the molecule is CC#CCC(C)c1c(C)cc(C)cc1C. The Morgan fingerprint density at radius 1 is 1.13 bits per heavy atom. The normalized spacial score (nSPS) is 11.8. The summed E-state index contributed by atoms with van der Waals surface area (Å²) in [5.74, 6) is 6.67. The van der Waals surface area contributed by atoms with Crippen molar-refractivity contribution in [2.45, 2.75) is 47.0 Å². The van der Waals surface area contributed by atoms with Crippen molar-refractivity contribution >= 4 is 0 Å². The van der Waals surface area contributed by atoms with Crippen molar-refractivity contribution in [3.05, 3.63) is 34.4 Å². The maximum atomic E-state index is 3.17. The summed E-state index contributed by atoms with van der Waals surface area (Å²) in [6, 6.07) is 4.52. The van der Waals surface area contributed by atoms with Gasteiger partial charge in [0.2, 0.25) is 0 Å². The van der Waals surface area contributed by atoms with Crippen LogP contribution in [0.1, 0.15) is 48.4 Å². The third-order valence-electron chi connectivity index (χ3n) is 2.82. The number of rotatable bonds is 2. The fourth-order valence-corrected chi connectivity index (χ4v) is 2.33. The molecule has 0 radical (unpaired) electrons. The largest absolute Gasteiger partial charge is 0.107 e. The molecule has 80 valence electrons. The average molecular weight is 200 g/mol. The van der Waals surface area contributed by atoms with E-state index in [4.69, 9.17) is 0 Å². The van der Waals surface area contributed by atoms with Crippen LogP contribution in [0.25, 0.3) is 0 Å². The van der Waals surface area contributed by atoms with Gasteiger partial charge < -0.3 is 0 Å². The molecule has 1 unspecified atom stereocenters. The molecule has 1 atom stereocenters. The van der Waals surface area contributed by atoms with E-state index in [-0.39, 0.29) is 0 Å². The number of aryl methyl sites for hydroxylation is 3. The van der Waals surface area contributed by atoms with Gasteiger partial charge in [0.1, 0.15) is 0 Å². The van der Waals surface area contributed by atoms with Gasteiger partial charge in [-0.3, -0.25) is 0 Å². The van der Waals surface area contributed by atoms with Gasteiger partial charge in [0.25, 0.3) is 0 Å². The predicted molar refractivity (Wildman–Crippen MR) is 67.1 cm³/mol. The minimum Gasteiger partial charge on any atom is -0.107 e. The molecule has 0 aliphatic heterocycles. The first kappa shape index (κ1) is 11.9. The highest BCUT2D eigenvalue weighted by Crippen LogP contribution is 2.26. The summed E-state index contributed by atoms with van der Waals surface area (Å²) in [4.78, 5) is 0. The van der Waals surface area contributed by atoms with Crippen LogP contribution in [0.15, 0.2) is 12.1 Å². The lowest BCUT2D eigenvalue weighted by Gasteiger charge is -2.16. The molecule has 1 aromatic carbocycles. The summed E-state index contributed by atoms with van der Waals surface area (Å²) in [5, 5.41) is 0. The molecule has 0 nitrogen and oxygen atoms in total. The van der Waals surface area contributed by atoms with Gasteiger partial charge in [0.15, 0.2) is 0 Å². The zero-order chi connectivity index (χ0) is 11.4. The van der Waals surface area contributed by atoms with Crippen molar-refractivity contribution in [2.24, 2.45) is 0 Å². The van der Waals surface area contributed by atoms with E-state index in [0.29, 0.717) is 5.92 Å². The first-order valence-corrected chi connectivity index (χ1v) is 5.53. The van der Waals surface area contributed by atoms with Crippen molar-refractivity contribution in [1.29, 1.82) is 0 Å². The number of benzene rings is 1. The molecule has 0 fully saturated rings. The topological polar surface area (TPSA) is 0 Å². The Morgan fingerprint density at radius 2 is 1.67 bits per heavy atom. The molecule has 0 aromatic heterocycles. The minimum absolute atomic E-state index is 0.540. The smallest absolute Gasteiger partial charge is 0.0155 e. The second-order valence-corrected chi connectivity index (χ2v) is 4.34. The summed E-state index contributed by atoms with van der Waals surface area (Å²) < 4.78 is 0. The van der Waals surface area contributed by atoms with Crippen LogP contribution in [-0.2, 0) is 0 Å². The molecule has 0 heteroatoms. The maximum Gasteiger partial charge on any atom is 0.0155 e. The summed E-state index contributed by atoms with van der Waals surface area (Å²) in [5.41, 5.74) is 5.63. The third-order valence-corrected chi connectivity index (χ3v) is 2.82. The van der Waals surface area contributed by atoms with Gasteiger partial charge in [-0.25, -0.2) is 0 Å². The van der Waals surface area contributed by atoms with Crippen LogP contribution in [0, 0.1) is 32.6 Å². The fraction of sp³-hybridized carbons (Fsp3) is 0.467. The molecule has 15 heavy (non-hydrogen) atoms. The van der Waals surface area contributed by atoms with E-state index in [0.717, 1.165) is 6.42 Å². The number of hydrogen-bond donors (Lipinski definition) is 0. The lowest BCUT2D eigenvalue weighted by molar-refractivity contribution is 0.780. The van der Waals surface area contributed by atoms with Crippen LogP contribution in [0.5, 0.6) is 0 Å². The lowest BCUT2D eigenvalue weighted by atomic mass is 9.89. The summed E-state index contributed by atoms with van der Waals surface area (Å²) in [6.45, 7) is 10.7. The Labute approximate surface area is 93.7 Å². The highest BCUT2D eigenvalue weighted by molar-refractivity contribution is 5.40. The van der Waals surface area contributed by atoms with Gasteiger partial charge in [0, 0.05) is 6.42 Å². The second-order valence-electron chi connectivity index (χ2n) is 4.34. The number of hydrogen-bond acceptors (Lipinski definition) is 0. The quantitative estimate of drug-likeness (QED) is 0.630. The summed E-state index contributed by atoms with van der Waals surface area (Å²) >= 11 is 0. The Morgan fingerprint density at radius 3 is 2.13 bits per heavy atom. The van der Waals surface area contributed by atoms with Gasteiger partial charge in [-0.05, 0) is 50.3 Å². The Kier molecular flexibility index (Phi) is 3.97. The first-order chi connectivity index (χ1) is 7.06. The molecule has 0 heterocycles. The van der Waals surface area contributed by atoms with Gasteiger partial charge in [-0.1, -0.05) is 24.6 Å². The molecule has 0 saturated carbocycles. The van der Waals surface area contributed by atoms with E-state index >= 15 is 0 Å². The minimum atomic E-state index is 0.540. The average Bonchev–Trinajstić information content (AvgIpc) is 2.12. The fourth-order valence-electron chi connectivity index (χ4n) is 2.33. The van der Waals surface area contributed by atoms with E-state index in [1.165, 1.54) is 22.3 Å². The van der Waals surface area contributed by atoms with E-state index in [9.17, 15) is 0 Å². The van der Waals surface area contributed by atoms with Crippen molar-refractivity contribution in [1.82, 2.24) is 0 Å². The molecule has 0 bridgehead atoms. The zero-order valence-corrected chi connectivity index (χ0v) is 10.4. The van der Waals surface area contributed by atoms with Crippen molar-refractivity contribution < 1.29 is 0 Å². The molecular weight excluding hydrogens is 180 g/mol. The van der Waals surface area contributed by atoms with Crippen molar-refractivity contribution in [3.63, 3.8) is 0 Å². The molecule has 1 aromatic rings. The molecule has 0 aliphatic rings. The van der Waals surface area contributed by atoms with E-state index in [2.05, 4.69) is 51.7 Å². The molecule has 0 N–H and O–H groups in total. The first-order valence-electron chi connectivity index (χ1n) is 5.53. The van der Waals surface area contributed by atoms with Gasteiger partial charge in [-0.2, -0.15) is 0 Å². The van der Waals surface area contributed by atoms with Crippen LogP contribution in [0.3, 0.4) is 0 Å². The van der Waals surface area contributed by atoms with Gasteiger partial charge in [0.05, 0.1) is 0 Å². The maximum absolute atomic E-state index is 3.17. The third kappa shape index (κ3) is 2.86. The Balaban J connectivity index is 3.06. The van der Waals surface area contributed by atoms with E-state index < -0.39 is 0 Å². The Hall–Kier alpha value is -1.22. The molecular formula is C15H20. The highest BCUT2D eigenvalue weighted by Gasteiger charge is 2.10. The molecule has 0 spiro atoms. The van der Waals surface area contributed by atoms with E-state index in [1.807, 2.05) is 6.92 Å². The Bertz CT molecular complexity index is 379. The molecule has 0 saturated heterocycles. The lowest BCUT2D eigenvalue weighted by Crippen LogP contribution is -2.00. The van der Waals surface area contributed by atoms with Gasteiger partial charge in [-0.15, -0.1) is 11.8 Å². The van der Waals surface area contributed by atoms with Crippen LogP contribution < -0.4 is 0 Å². The second kappa shape index (κ2) is 5.03. The van der Waals surface area contributed by atoms with Crippen LogP contribution in [-0.4, -0.2) is 0 Å². The predicted octanol–water partition coefficient (Wildman–Crippen LogP) is 4.13. The van der Waals surface area contributed by atoms with E-state index in [1.54, 1.807) is 0 Å². The highest BCUT2D eigenvalue weighted by atomic mass is 14.1. The molecule has 0 aliphatic carbocycles. The van der Waals surface area contributed by atoms with Crippen LogP contribution >= 0.6 is 0 Å². The van der Waals surface area contributed by atoms with Gasteiger partial charge >= 0.3 is 0 Å². The molecule has 1 rings (SSSR count). The summed E-state index contributed by atoms with van der Waals surface area (Å²) in [6.07, 6.45) is 0.960. The standard InChI is InChI=1S/C15H20/c1-6-7-8-12(3)15-13(4)9-11(2)10-14(15)5/h9-10,12H,8H2,1-5H3. The summed E-state index contributed by atoms with van der Waals surface area (Å²) in [7, 11) is 0. The zero-order valence-electron chi connectivity index (χ0n) is 10.4. The van der Waals surface area contributed by atoms with Crippen LogP contribution in [0.2, 0.25) is 0 Å². The van der Waals surface area contributed by atoms with Crippen molar-refractivity contribution in [3.8, 4) is 11.8 Å². The monoisotopic (exact) mass is 200 g/mol.